The van der Waals surface area contributed by atoms with Crippen LogP contribution >= 0.6 is 12.2 Å². The summed E-state index contributed by atoms with van der Waals surface area (Å²) in [6, 6.07) is 14.3. The van der Waals surface area contributed by atoms with Gasteiger partial charge in [-0.15, -0.1) is 0 Å². The Balaban J connectivity index is 1.61. The molecule has 0 amide bonds. The van der Waals surface area contributed by atoms with Crippen molar-refractivity contribution < 1.29 is 13.5 Å². The highest BCUT2D eigenvalue weighted by Crippen LogP contribution is 2.27. The zero-order valence-corrected chi connectivity index (χ0v) is 19.0. The quantitative estimate of drug-likeness (QED) is 0.586. The minimum Gasteiger partial charge on any atom is -0.396 e. The van der Waals surface area contributed by atoms with Crippen molar-refractivity contribution in [1.82, 2.24) is 4.31 Å². The SMILES string of the molecule is C[C@H]1C[C@H](C)CN(S(=O)(=O)c2ccc(NC(=S)Nc3ccc(CCO)cc3)cc2)C1. The summed E-state index contributed by atoms with van der Waals surface area (Å²) in [6.07, 6.45) is 1.68. The van der Waals surface area contributed by atoms with Crippen molar-refractivity contribution in [3.63, 3.8) is 0 Å². The molecule has 30 heavy (non-hydrogen) atoms. The summed E-state index contributed by atoms with van der Waals surface area (Å²) in [6.45, 7) is 5.45. The molecule has 1 aliphatic rings. The first-order chi connectivity index (χ1) is 14.3. The van der Waals surface area contributed by atoms with Crippen LogP contribution < -0.4 is 10.6 Å². The summed E-state index contributed by atoms with van der Waals surface area (Å²) >= 11 is 5.35. The highest BCUT2D eigenvalue weighted by molar-refractivity contribution is 7.89. The number of nitrogens with one attached hydrogen (secondary N) is 2. The van der Waals surface area contributed by atoms with Gasteiger partial charge in [0.2, 0.25) is 10.0 Å². The maximum Gasteiger partial charge on any atom is 0.243 e. The average Bonchev–Trinajstić information content (AvgIpc) is 2.69. The van der Waals surface area contributed by atoms with Gasteiger partial charge in [0.1, 0.15) is 0 Å². The Morgan fingerprint density at radius 2 is 1.50 bits per heavy atom. The molecule has 3 rings (SSSR count). The standard InChI is InChI=1S/C22H29N3O3S2/c1-16-13-17(2)15-25(14-16)30(27,28)21-9-7-20(8-10-21)24-22(29)23-19-5-3-18(4-6-19)11-12-26/h3-10,16-17,26H,11-15H2,1-2H3,(H2,23,24,29)/t16-,17-/m0/s1. The van der Waals surface area contributed by atoms with Crippen molar-refractivity contribution in [2.24, 2.45) is 11.8 Å². The predicted octanol–water partition coefficient (Wildman–Crippen LogP) is 3.70. The van der Waals surface area contributed by atoms with E-state index >= 15 is 0 Å². The van der Waals surface area contributed by atoms with Crippen LogP contribution in [0.25, 0.3) is 0 Å². The van der Waals surface area contributed by atoms with Crippen molar-refractivity contribution in [2.75, 3.05) is 30.3 Å². The van der Waals surface area contributed by atoms with Gasteiger partial charge in [0.25, 0.3) is 0 Å². The predicted molar refractivity (Wildman–Crippen MR) is 125 cm³/mol. The Morgan fingerprint density at radius 1 is 1.00 bits per heavy atom. The van der Waals surface area contributed by atoms with E-state index in [-0.39, 0.29) is 6.61 Å². The van der Waals surface area contributed by atoms with Crippen LogP contribution in [0, 0.1) is 11.8 Å². The van der Waals surface area contributed by atoms with Crippen molar-refractivity contribution in [2.45, 2.75) is 31.6 Å². The molecular formula is C22H29N3O3S2. The molecule has 2 atom stereocenters. The number of nitrogens with zero attached hydrogens (tertiary/aromatic N) is 1. The molecule has 0 saturated carbocycles. The highest BCUT2D eigenvalue weighted by Gasteiger charge is 2.31. The fourth-order valence-corrected chi connectivity index (χ4v) is 5.75. The van der Waals surface area contributed by atoms with Gasteiger partial charge < -0.3 is 15.7 Å². The van der Waals surface area contributed by atoms with Gasteiger partial charge in [0.15, 0.2) is 5.11 Å². The van der Waals surface area contributed by atoms with Gasteiger partial charge in [-0.25, -0.2) is 8.42 Å². The third kappa shape index (κ3) is 5.78. The zero-order chi connectivity index (χ0) is 21.7. The van der Waals surface area contributed by atoms with Crippen LogP contribution in [0.1, 0.15) is 25.8 Å². The van der Waals surface area contributed by atoms with E-state index in [1.165, 1.54) is 0 Å². The largest absolute Gasteiger partial charge is 0.396 e. The average molecular weight is 448 g/mol. The summed E-state index contributed by atoms with van der Waals surface area (Å²) in [5.74, 6) is 0.733. The molecule has 0 spiro atoms. The lowest BCUT2D eigenvalue weighted by molar-refractivity contribution is 0.222. The second-order valence-electron chi connectivity index (χ2n) is 8.04. The Labute approximate surface area is 184 Å². The first-order valence-corrected chi connectivity index (χ1v) is 12.0. The monoisotopic (exact) mass is 447 g/mol. The zero-order valence-electron chi connectivity index (χ0n) is 17.3. The number of benzene rings is 2. The molecule has 1 heterocycles. The smallest absolute Gasteiger partial charge is 0.243 e. The molecule has 0 bridgehead atoms. The molecule has 1 aliphatic heterocycles. The van der Waals surface area contributed by atoms with Crippen molar-refractivity contribution in [3.05, 3.63) is 54.1 Å². The van der Waals surface area contributed by atoms with Crippen molar-refractivity contribution in [1.29, 1.82) is 0 Å². The van der Waals surface area contributed by atoms with E-state index in [0.29, 0.717) is 47.0 Å². The first kappa shape index (κ1) is 22.7. The van der Waals surface area contributed by atoms with Gasteiger partial charge in [-0.2, -0.15) is 4.31 Å². The highest BCUT2D eigenvalue weighted by atomic mass is 32.2. The third-order valence-electron chi connectivity index (χ3n) is 5.20. The second kappa shape index (κ2) is 9.87. The van der Waals surface area contributed by atoms with Crippen LogP contribution in [0.15, 0.2) is 53.4 Å². The fraction of sp³-hybridized carbons (Fsp3) is 0.409. The molecule has 1 fully saturated rings. The van der Waals surface area contributed by atoms with E-state index in [1.54, 1.807) is 28.6 Å². The lowest BCUT2D eigenvalue weighted by Crippen LogP contribution is -2.42. The van der Waals surface area contributed by atoms with Crippen LogP contribution in [0.2, 0.25) is 0 Å². The van der Waals surface area contributed by atoms with Crippen LogP contribution in [0.4, 0.5) is 11.4 Å². The van der Waals surface area contributed by atoms with E-state index in [9.17, 15) is 8.42 Å². The number of anilines is 2. The Hall–Kier alpha value is -2.00. The summed E-state index contributed by atoms with van der Waals surface area (Å²) in [7, 11) is -3.49. The molecule has 0 unspecified atom stereocenters. The molecule has 0 aliphatic carbocycles. The first-order valence-electron chi connectivity index (χ1n) is 10.2. The minimum absolute atomic E-state index is 0.119. The van der Waals surface area contributed by atoms with Gasteiger partial charge in [-0.05, 0) is 78.9 Å². The molecule has 2 aromatic rings. The van der Waals surface area contributed by atoms with E-state index < -0.39 is 10.0 Å². The number of hydrogen-bond donors (Lipinski definition) is 3. The lowest BCUT2D eigenvalue weighted by atomic mass is 9.94. The Bertz CT molecular complexity index is 950. The minimum atomic E-state index is -3.49. The van der Waals surface area contributed by atoms with Gasteiger partial charge >= 0.3 is 0 Å². The normalized spacial score (nSPS) is 20.0. The summed E-state index contributed by atoms with van der Waals surface area (Å²) in [4.78, 5) is 0.299. The van der Waals surface area contributed by atoms with Crippen LogP contribution in [-0.4, -0.2) is 42.6 Å². The molecule has 6 nitrogen and oxygen atoms in total. The summed E-state index contributed by atoms with van der Waals surface area (Å²) < 4.78 is 27.6. The van der Waals surface area contributed by atoms with Crippen LogP contribution in [0.3, 0.4) is 0 Å². The molecule has 1 saturated heterocycles. The van der Waals surface area contributed by atoms with Crippen LogP contribution in [0.5, 0.6) is 0 Å². The number of rotatable bonds is 6. The number of aliphatic hydroxyl groups excluding tert-OH is 1. The van der Waals surface area contributed by atoms with E-state index in [0.717, 1.165) is 17.7 Å². The maximum atomic E-state index is 13.0. The topological polar surface area (TPSA) is 81.7 Å². The third-order valence-corrected chi connectivity index (χ3v) is 7.25. The number of hydrogen-bond acceptors (Lipinski definition) is 4. The van der Waals surface area contributed by atoms with Gasteiger partial charge in [0.05, 0.1) is 4.90 Å². The van der Waals surface area contributed by atoms with Gasteiger partial charge in [-0.3, -0.25) is 0 Å². The maximum absolute atomic E-state index is 13.0. The fourth-order valence-electron chi connectivity index (χ4n) is 3.84. The van der Waals surface area contributed by atoms with Crippen molar-refractivity contribution in [3.8, 4) is 0 Å². The number of thiocarbonyl (C=S) groups is 1. The van der Waals surface area contributed by atoms with Crippen LogP contribution in [-0.2, 0) is 16.4 Å². The molecule has 2 aromatic carbocycles. The Morgan fingerprint density at radius 3 is 2.00 bits per heavy atom. The summed E-state index contributed by atoms with van der Waals surface area (Å²) in [5, 5.41) is 15.6. The molecule has 0 radical (unpaired) electrons. The van der Waals surface area contributed by atoms with E-state index in [2.05, 4.69) is 24.5 Å². The number of aliphatic hydroxyl groups is 1. The lowest BCUT2D eigenvalue weighted by Gasteiger charge is -2.34. The second-order valence-corrected chi connectivity index (χ2v) is 10.4. The van der Waals surface area contributed by atoms with E-state index in [1.807, 2.05) is 24.3 Å². The molecule has 3 N–H and O–H groups in total. The van der Waals surface area contributed by atoms with E-state index in [4.69, 9.17) is 17.3 Å². The Kier molecular flexibility index (Phi) is 7.46. The molecule has 162 valence electrons. The molecule has 0 aromatic heterocycles. The molecule has 8 heteroatoms. The number of sulfonamides is 1. The summed E-state index contributed by atoms with van der Waals surface area (Å²) in [5.41, 5.74) is 2.60. The van der Waals surface area contributed by atoms with Gasteiger partial charge in [-0.1, -0.05) is 26.0 Å². The number of piperidine rings is 1. The van der Waals surface area contributed by atoms with Gasteiger partial charge in [0, 0.05) is 31.1 Å². The molecular weight excluding hydrogens is 418 g/mol. The van der Waals surface area contributed by atoms with Crippen molar-refractivity contribution >= 4 is 38.7 Å².